The molecule has 102 valence electrons. The van der Waals surface area contributed by atoms with E-state index in [9.17, 15) is 0 Å². The van der Waals surface area contributed by atoms with E-state index in [0.29, 0.717) is 0 Å². The lowest BCUT2D eigenvalue weighted by atomic mass is 10.0. The van der Waals surface area contributed by atoms with E-state index in [2.05, 4.69) is 18.2 Å². The summed E-state index contributed by atoms with van der Waals surface area (Å²) in [5.74, 6) is 0.909. The normalized spacial score (nSPS) is 10.0. The van der Waals surface area contributed by atoms with Gasteiger partial charge in [-0.25, -0.2) is 0 Å². The number of hydrogen-bond donors (Lipinski definition) is 0. The zero-order valence-corrected chi connectivity index (χ0v) is 11.8. The smallest absolute Gasteiger partial charge is 0.118 e. The SMILES string of the molecule is COc1ccc(CCCCc2ccc(C#N)cc2)cc1. The molecular weight excluding hydrogens is 246 g/mol. The summed E-state index contributed by atoms with van der Waals surface area (Å²) in [6.45, 7) is 0. The van der Waals surface area contributed by atoms with Gasteiger partial charge in [-0.3, -0.25) is 0 Å². The predicted molar refractivity (Wildman–Crippen MR) is 80.8 cm³/mol. The number of nitrogens with zero attached hydrogens (tertiary/aromatic N) is 1. The number of aryl methyl sites for hydroxylation is 2. The molecule has 2 heteroatoms. The van der Waals surface area contributed by atoms with Gasteiger partial charge in [-0.15, -0.1) is 0 Å². The monoisotopic (exact) mass is 265 g/mol. The van der Waals surface area contributed by atoms with Crippen LogP contribution in [0.5, 0.6) is 5.75 Å². The second kappa shape index (κ2) is 7.35. The third-order valence-corrected chi connectivity index (χ3v) is 3.42. The van der Waals surface area contributed by atoms with Gasteiger partial charge >= 0.3 is 0 Å². The van der Waals surface area contributed by atoms with Crippen molar-refractivity contribution in [1.29, 1.82) is 5.26 Å². The van der Waals surface area contributed by atoms with E-state index in [1.807, 2.05) is 36.4 Å². The van der Waals surface area contributed by atoms with Gasteiger partial charge in [0, 0.05) is 0 Å². The first kappa shape index (κ1) is 14.1. The third kappa shape index (κ3) is 4.13. The van der Waals surface area contributed by atoms with E-state index in [1.54, 1.807) is 7.11 Å². The lowest BCUT2D eigenvalue weighted by Crippen LogP contribution is -1.90. The van der Waals surface area contributed by atoms with Crippen molar-refractivity contribution in [3.8, 4) is 11.8 Å². The number of hydrogen-bond acceptors (Lipinski definition) is 2. The Labute approximate surface area is 120 Å². The average molecular weight is 265 g/mol. The highest BCUT2D eigenvalue weighted by atomic mass is 16.5. The van der Waals surface area contributed by atoms with E-state index < -0.39 is 0 Å². The van der Waals surface area contributed by atoms with Gasteiger partial charge in [-0.2, -0.15) is 5.26 Å². The Bertz CT molecular complexity index is 564. The Morgan fingerprint density at radius 3 is 1.80 bits per heavy atom. The van der Waals surface area contributed by atoms with Gasteiger partial charge in [-0.1, -0.05) is 24.3 Å². The minimum Gasteiger partial charge on any atom is -0.497 e. The van der Waals surface area contributed by atoms with Crippen LogP contribution in [0.4, 0.5) is 0 Å². The van der Waals surface area contributed by atoms with Crippen molar-refractivity contribution in [2.75, 3.05) is 7.11 Å². The summed E-state index contributed by atoms with van der Waals surface area (Å²) >= 11 is 0. The van der Waals surface area contributed by atoms with E-state index in [4.69, 9.17) is 10.00 Å². The minimum atomic E-state index is 0.729. The van der Waals surface area contributed by atoms with Crippen LogP contribution < -0.4 is 4.74 Å². The molecule has 2 aromatic rings. The molecule has 20 heavy (non-hydrogen) atoms. The molecule has 0 saturated heterocycles. The first-order valence-corrected chi connectivity index (χ1v) is 6.94. The van der Waals surface area contributed by atoms with Crippen molar-refractivity contribution in [2.45, 2.75) is 25.7 Å². The lowest BCUT2D eigenvalue weighted by molar-refractivity contribution is 0.414. The van der Waals surface area contributed by atoms with Gasteiger partial charge in [0.2, 0.25) is 0 Å². The van der Waals surface area contributed by atoms with Gasteiger partial charge in [-0.05, 0) is 61.1 Å². The predicted octanol–water partition coefficient (Wildman–Crippen LogP) is 4.13. The molecule has 0 aliphatic carbocycles. The van der Waals surface area contributed by atoms with E-state index in [0.717, 1.165) is 30.6 Å². The molecule has 0 unspecified atom stereocenters. The molecule has 0 atom stereocenters. The van der Waals surface area contributed by atoms with Crippen LogP contribution in [0.3, 0.4) is 0 Å². The molecule has 0 fully saturated rings. The van der Waals surface area contributed by atoms with Crippen LogP contribution in [-0.2, 0) is 12.8 Å². The summed E-state index contributed by atoms with van der Waals surface area (Å²) in [5.41, 5.74) is 3.39. The molecule has 0 amide bonds. The fourth-order valence-electron chi connectivity index (χ4n) is 2.20. The zero-order valence-electron chi connectivity index (χ0n) is 11.8. The standard InChI is InChI=1S/C18H19NO/c1-20-18-12-10-16(11-13-18)5-3-2-4-15-6-8-17(14-19)9-7-15/h6-13H,2-5H2,1H3. The van der Waals surface area contributed by atoms with Gasteiger partial charge in [0.05, 0.1) is 18.7 Å². The molecule has 0 aromatic heterocycles. The summed E-state index contributed by atoms with van der Waals surface area (Å²) < 4.78 is 5.15. The molecular formula is C18H19NO. The summed E-state index contributed by atoms with van der Waals surface area (Å²) in [5, 5.41) is 8.75. The highest BCUT2D eigenvalue weighted by molar-refractivity contribution is 5.31. The van der Waals surface area contributed by atoms with Gasteiger partial charge < -0.3 is 4.74 Å². The maximum Gasteiger partial charge on any atom is 0.118 e. The summed E-state index contributed by atoms with van der Waals surface area (Å²) in [7, 11) is 1.69. The number of rotatable bonds is 6. The van der Waals surface area contributed by atoms with Crippen LogP contribution in [0.25, 0.3) is 0 Å². The van der Waals surface area contributed by atoms with Crippen molar-refractivity contribution in [2.24, 2.45) is 0 Å². The van der Waals surface area contributed by atoms with Crippen LogP contribution >= 0.6 is 0 Å². The molecule has 0 saturated carbocycles. The van der Waals surface area contributed by atoms with Crippen molar-refractivity contribution in [1.82, 2.24) is 0 Å². The third-order valence-electron chi connectivity index (χ3n) is 3.42. The van der Waals surface area contributed by atoms with Crippen LogP contribution in [0.15, 0.2) is 48.5 Å². The molecule has 0 heterocycles. The summed E-state index contributed by atoms with van der Waals surface area (Å²) in [6, 6.07) is 18.3. The van der Waals surface area contributed by atoms with E-state index in [-0.39, 0.29) is 0 Å². The summed E-state index contributed by atoms with van der Waals surface area (Å²) in [4.78, 5) is 0. The van der Waals surface area contributed by atoms with E-state index in [1.165, 1.54) is 17.5 Å². The van der Waals surface area contributed by atoms with Crippen LogP contribution in [-0.4, -0.2) is 7.11 Å². The Morgan fingerprint density at radius 2 is 1.35 bits per heavy atom. The van der Waals surface area contributed by atoms with Crippen molar-refractivity contribution in [3.63, 3.8) is 0 Å². The molecule has 2 aromatic carbocycles. The van der Waals surface area contributed by atoms with Gasteiger partial charge in [0.15, 0.2) is 0 Å². The maximum absolute atomic E-state index is 8.75. The molecule has 0 N–H and O–H groups in total. The quantitative estimate of drug-likeness (QED) is 0.736. The number of methoxy groups -OCH3 is 1. The molecule has 2 rings (SSSR count). The van der Waals surface area contributed by atoms with Gasteiger partial charge in [0.1, 0.15) is 5.75 Å². The first-order valence-electron chi connectivity index (χ1n) is 6.94. The molecule has 0 radical (unpaired) electrons. The average Bonchev–Trinajstić information content (AvgIpc) is 2.53. The Balaban J connectivity index is 1.74. The number of benzene rings is 2. The number of nitriles is 1. The zero-order chi connectivity index (χ0) is 14.2. The second-order valence-corrected chi connectivity index (χ2v) is 4.86. The van der Waals surface area contributed by atoms with Gasteiger partial charge in [0.25, 0.3) is 0 Å². The van der Waals surface area contributed by atoms with E-state index >= 15 is 0 Å². The Kier molecular flexibility index (Phi) is 5.20. The fourth-order valence-corrected chi connectivity index (χ4v) is 2.20. The molecule has 0 aliphatic heterocycles. The number of unbranched alkanes of at least 4 members (excludes halogenated alkanes) is 1. The van der Waals surface area contributed by atoms with Crippen molar-refractivity contribution >= 4 is 0 Å². The Hall–Kier alpha value is -2.27. The minimum absolute atomic E-state index is 0.729. The molecule has 2 nitrogen and oxygen atoms in total. The lowest BCUT2D eigenvalue weighted by Gasteiger charge is -2.04. The highest BCUT2D eigenvalue weighted by Gasteiger charge is 1.97. The fraction of sp³-hybridized carbons (Fsp3) is 0.278. The topological polar surface area (TPSA) is 33.0 Å². The van der Waals surface area contributed by atoms with Crippen molar-refractivity contribution in [3.05, 3.63) is 65.2 Å². The molecule has 0 bridgehead atoms. The van der Waals surface area contributed by atoms with Crippen LogP contribution in [0.2, 0.25) is 0 Å². The largest absolute Gasteiger partial charge is 0.497 e. The first-order chi connectivity index (χ1) is 9.81. The highest BCUT2D eigenvalue weighted by Crippen LogP contribution is 2.14. The summed E-state index contributed by atoms with van der Waals surface area (Å²) in [6.07, 6.45) is 4.51. The molecule has 0 aliphatic rings. The second-order valence-electron chi connectivity index (χ2n) is 4.86. The molecule has 0 spiro atoms. The number of ether oxygens (including phenoxy) is 1. The van der Waals surface area contributed by atoms with Crippen molar-refractivity contribution < 1.29 is 4.74 Å². The van der Waals surface area contributed by atoms with Crippen LogP contribution in [0, 0.1) is 11.3 Å². The van der Waals surface area contributed by atoms with Crippen LogP contribution in [0.1, 0.15) is 29.5 Å². The Morgan fingerprint density at radius 1 is 0.850 bits per heavy atom. The maximum atomic E-state index is 8.75.